The first kappa shape index (κ1) is 21.6. The van der Waals surface area contributed by atoms with Crippen molar-refractivity contribution in [2.24, 2.45) is 0 Å². The Morgan fingerprint density at radius 1 is 1.03 bits per heavy atom. The van der Waals surface area contributed by atoms with Crippen molar-refractivity contribution in [1.82, 2.24) is 9.97 Å². The summed E-state index contributed by atoms with van der Waals surface area (Å²) in [5.74, 6) is -0.652. The normalized spacial score (nSPS) is 10.7. The number of aryl methyl sites for hydroxylation is 3. The number of nitrogens with zero attached hydrogens (tertiary/aromatic N) is 3. The van der Waals surface area contributed by atoms with Gasteiger partial charge in [0.1, 0.15) is 0 Å². The molecule has 0 atom stereocenters. The van der Waals surface area contributed by atoms with Gasteiger partial charge in [-0.15, -0.1) is 11.3 Å². The molecule has 0 aliphatic carbocycles. The van der Waals surface area contributed by atoms with Gasteiger partial charge in [0.2, 0.25) is 0 Å². The van der Waals surface area contributed by atoms with Crippen molar-refractivity contribution in [3.8, 4) is 0 Å². The van der Waals surface area contributed by atoms with E-state index in [9.17, 15) is 9.59 Å². The fourth-order valence-electron chi connectivity index (χ4n) is 3.11. The van der Waals surface area contributed by atoms with Crippen molar-refractivity contribution in [2.45, 2.75) is 34.1 Å². The molecule has 0 N–H and O–H groups in total. The molecule has 3 rings (SSSR count). The predicted molar refractivity (Wildman–Crippen MR) is 118 cm³/mol. The molecule has 0 bridgehead atoms. The lowest BCUT2D eigenvalue weighted by atomic mass is 10.1. The summed E-state index contributed by atoms with van der Waals surface area (Å²) >= 11 is 1.32. The number of hydrogen-bond acceptors (Lipinski definition) is 6. The zero-order valence-corrected chi connectivity index (χ0v) is 18.5. The van der Waals surface area contributed by atoms with Gasteiger partial charge in [-0.3, -0.25) is 14.7 Å². The van der Waals surface area contributed by atoms with Crippen LogP contribution in [0, 0.1) is 20.8 Å². The Morgan fingerprint density at radius 2 is 1.77 bits per heavy atom. The van der Waals surface area contributed by atoms with E-state index in [0.717, 1.165) is 16.1 Å². The van der Waals surface area contributed by atoms with E-state index in [2.05, 4.69) is 9.97 Å². The first-order chi connectivity index (χ1) is 14.4. The second-order valence-electron chi connectivity index (χ2n) is 6.90. The molecule has 0 saturated heterocycles. The Labute approximate surface area is 180 Å². The summed E-state index contributed by atoms with van der Waals surface area (Å²) in [4.78, 5) is 36.9. The van der Waals surface area contributed by atoms with E-state index in [1.807, 2.05) is 57.2 Å². The van der Waals surface area contributed by atoms with E-state index >= 15 is 0 Å². The number of rotatable bonds is 7. The molecular weight excluding hydrogens is 398 g/mol. The maximum Gasteiger partial charge on any atom is 0.358 e. The first-order valence-electron chi connectivity index (χ1n) is 9.85. The van der Waals surface area contributed by atoms with Gasteiger partial charge in [0.25, 0.3) is 5.91 Å². The van der Waals surface area contributed by atoms with Crippen LogP contribution in [0.1, 0.15) is 49.6 Å². The van der Waals surface area contributed by atoms with Crippen LogP contribution in [0.15, 0.2) is 42.5 Å². The smallest absolute Gasteiger partial charge is 0.358 e. The highest BCUT2D eigenvalue weighted by Crippen LogP contribution is 2.28. The lowest BCUT2D eigenvalue weighted by molar-refractivity contribution is 0.0519. The first-order valence-corrected chi connectivity index (χ1v) is 10.7. The van der Waals surface area contributed by atoms with E-state index in [4.69, 9.17) is 4.74 Å². The maximum absolute atomic E-state index is 13.5. The molecule has 156 valence electrons. The number of pyridine rings is 1. The van der Waals surface area contributed by atoms with Crippen LogP contribution in [0.2, 0.25) is 0 Å². The minimum atomic E-state index is -0.471. The number of anilines is 1. The fourth-order valence-corrected chi connectivity index (χ4v) is 4.04. The van der Waals surface area contributed by atoms with Gasteiger partial charge in [0.15, 0.2) is 10.8 Å². The summed E-state index contributed by atoms with van der Waals surface area (Å²) < 4.78 is 5.10. The molecule has 1 amide bonds. The number of hydrogen-bond donors (Lipinski definition) is 0. The lowest BCUT2D eigenvalue weighted by Gasteiger charge is -2.21. The number of benzene rings is 1. The number of esters is 1. The topological polar surface area (TPSA) is 72.4 Å². The van der Waals surface area contributed by atoms with Crippen LogP contribution in [-0.4, -0.2) is 35.0 Å². The molecule has 0 spiro atoms. The molecule has 30 heavy (non-hydrogen) atoms. The van der Waals surface area contributed by atoms with Gasteiger partial charge >= 0.3 is 5.97 Å². The Hall–Kier alpha value is -3.06. The lowest BCUT2D eigenvalue weighted by Crippen LogP contribution is -2.33. The monoisotopic (exact) mass is 423 g/mol. The van der Waals surface area contributed by atoms with Crippen LogP contribution in [0.5, 0.6) is 0 Å². The van der Waals surface area contributed by atoms with Crippen LogP contribution in [0.4, 0.5) is 5.13 Å². The Bertz CT molecular complexity index is 1050. The van der Waals surface area contributed by atoms with Crippen LogP contribution >= 0.6 is 11.3 Å². The van der Waals surface area contributed by atoms with E-state index in [1.165, 1.54) is 11.3 Å². The number of carbonyl (C=O) groups is 2. The summed E-state index contributed by atoms with van der Waals surface area (Å²) in [6.45, 7) is 7.99. The third kappa shape index (κ3) is 4.91. The third-order valence-corrected chi connectivity index (χ3v) is 5.65. The maximum atomic E-state index is 13.5. The Morgan fingerprint density at radius 3 is 2.43 bits per heavy atom. The quantitative estimate of drug-likeness (QED) is 0.522. The van der Waals surface area contributed by atoms with E-state index < -0.39 is 5.97 Å². The van der Waals surface area contributed by atoms with Gasteiger partial charge in [-0.1, -0.05) is 30.3 Å². The van der Waals surface area contributed by atoms with Crippen molar-refractivity contribution >= 4 is 28.3 Å². The SMILES string of the molecule is CCOC(=O)c1nc(N(CCc2ccccc2)C(=O)c2ccc(C)nc2C)sc1C. The number of ether oxygens (including phenoxy) is 1. The van der Waals surface area contributed by atoms with Crippen LogP contribution in [0.3, 0.4) is 0 Å². The zero-order valence-electron chi connectivity index (χ0n) is 17.6. The molecule has 2 aromatic heterocycles. The molecule has 0 unspecified atom stereocenters. The third-order valence-electron chi connectivity index (χ3n) is 4.65. The molecule has 0 aliphatic rings. The molecule has 2 heterocycles. The molecule has 0 aliphatic heterocycles. The van der Waals surface area contributed by atoms with Crippen molar-refractivity contribution in [3.05, 3.63) is 75.6 Å². The summed E-state index contributed by atoms with van der Waals surface area (Å²) in [5.41, 5.74) is 3.43. The van der Waals surface area contributed by atoms with E-state index in [1.54, 1.807) is 17.9 Å². The van der Waals surface area contributed by atoms with Crippen molar-refractivity contribution in [1.29, 1.82) is 0 Å². The molecular formula is C23H25N3O3S. The van der Waals surface area contributed by atoms with Crippen LogP contribution in [0.25, 0.3) is 0 Å². The van der Waals surface area contributed by atoms with E-state index in [-0.39, 0.29) is 18.2 Å². The van der Waals surface area contributed by atoms with Gasteiger partial charge in [-0.2, -0.15) is 0 Å². The number of carbonyl (C=O) groups excluding carboxylic acids is 2. The molecule has 1 aromatic carbocycles. The van der Waals surface area contributed by atoms with Gasteiger partial charge in [-0.25, -0.2) is 9.78 Å². The van der Waals surface area contributed by atoms with Gasteiger partial charge in [-0.05, 0) is 51.8 Å². The van der Waals surface area contributed by atoms with Gasteiger partial charge in [0.05, 0.1) is 17.9 Å². The molecule has 0 radical (unpaired) electrons. The van der Waals surface area contributed by atoms with Crippen molar-refractivity contribution in [3.63, 3.8) is 0 Å². The van der Waals surface area contributed by atoms with Crippen molar-refractivity contribution in [2.75, 3.05) is 18.1 Å². The summed E-state index contributed by atoms with van der Waals surface area (Å²) in [6, 6.07) is 13.6. The molecule has 3 aromatic rings. The highest BCUT2D eigenvalue weighted by molar-refractivity contribution is 7.16. The predicted octanol–water partition coefficient (Wildman–Crippen LogP) is 4.53. The standard InChI is InChI=1S/C23H25N3O3S/c1-5-29-22(28)20-17(4)30-23(25-20)26(14-13-18-9-7-6-8-10-18)21(27)19-12-11-15(2)24-16(19)3/h6-12H,5,13-14H2,1-4H3. The zero-order chi connectivity index (χ0) is 21.7. The minimum absolute atomic E-state index is 0.180. The number of amides is 1. The Kier molecular flexibility index (Phi) is 6.95. The molecule has 0 fully saturated rings. The van der Waals surface area contributed by atoms with Gasteiger partial charge < -0.3 is 4.74 Å². The van der Waals surface area contributed by atoms with Crippen molar-refractivity contribution < 1.29 is 14.3 Å². The van der Waals surface area contributed by atoms with Gasteiger partial charge in [0, 0.05) is 17.1 Å². The average molecular weight is 424 g/mol. The molecule has 0 saturated carbocycles. The minimum Gasteiger partial charge on any atom is -0.461 e. The largest absolute Gasteiger partial charge is 0.461 e. The summed E-state index contributed by atoms with van der Waals surface area (Å²) in [5, 5.41) is 0.483. The Balaban J connectivity index is 1.96. The second-order valence-corrected chi connectivity index (χ2v) is 8.08. The fraction of sp³-hybridized carbons (Fsp3) is 0.304. The average Bonchev–Trinajstić information content (AvgIpc) is 3.10. The second kappa shape index (κ2) is 9.63. The van der Waals surface area contributed by atoms with E-state index in [0.29, 0.717) is 29.4 Å². The van der Waals surface area contributed by atoms with Crippen LogP contribution < -0.4 is 4.90 Å². The number of thiazole rings is 1. The summed E-state index contributed by atoms with van der Waals surface area (Å²) in [6.07, 6.45) is 0.665. The summed E-state index contributed by atoms with van der Waals surface area (Å²) in [7, 11) is 0. The highest BCUT2D eigenvalue weighted by Gasteiger charge is 2.26. The highest BCUT2D eigenvalue weighted by atomic mass is 32.1. The molecule has 7 heteroatoms. The van der Waals surface area contributed by atoms with Crippen LogP contribution in [-0.2, 0) is 11.2 Å². The number of aromatic nitrogens is 2. The molecule has 6 nitrogen and oxygen atoms in total.